The molecule has 2 aromatic carbocycles. The number of hydrogen-bond acceptors (Lipinski definition) is 2. The van der Waals surface area contributed by atoms with E-state index < -0.39 is 0 Å². The lowest BCUT2D eigenvalue weighted by atomic mass is 9.96. The van der Waals surface area contributed by atoms with Gasteiger partial charge >= 0.3 is 0 Å². The average molecular weight is 227 g/mol. The number of aliphatic hydroxyl groups is 1. The van der Waals surface area contributed by atoms with Gasteiger partial charge in [-0.05, 0) is 23.3 Å². The standard InChI is InChI=1S/C15H17NO/c1-11(16-9-13(17)10-16)14-8-4-6-12-5-2-3-7-15(12)14/h2-8,11,13,17H,9-10H2,1H3/t11-/m0/s1. The zero-order valence-electron chi connectivity index (χ0n) is 10.0. The Bertz CT molecular complexity index is 526. The molecular formula is C15H17NO. The second kappa shape index (κ2) is 4.13. The van der Waals surface area contributed by atoms with Gasteiger partial charge in [0.2, 0.25) is 0 Å². The van der Waals surface area contributed by atoms with Gasteiger partial charge in [-0.1, -0.05) is 42.5 Å². The van der Waals surface area contributed by atoms with Gasteiger partial charge in [0, 0.05) is 19.1 Å². The van der Waals surface area contributed by atoms with Crippen LogP contribution in [0.1, 0.15) is 18.5 Å². The molecule has 2 aromatic rings. The van der Waals surface area contributed by atoms with Crippen LogP contribution in [-0.4, -0.2) is 29.2 Å². The highest BCUT2D eigenvalue weighted by atomic mass is 16.3. The van der Waals surface area contributed by atoms with Crippen LogP contribution in [0, 0.1) is 0 Å². The van der Waals surface area contributed by atoms with Crippen LogP contribution in [0.5, 0.6) is 0 Å². The van der Waals surface area contributed by atoms with Crippen molar-refractivity contribution in [2.24, 2.45) is 0 Å². The molecule has 0 unspecified atom stereocenters. The molecule has 88 valence electrons. The first-order chi connectivity index (χ1) is 8.25. The highest BCUT2D eigenvalue weighted by Crippen LogP contribution is 2.30. The van der Waals surface area contributed by atoms with Crippen LogP contribution in [0.2, 0.25) is 0 Å². The quantitative estimate of drug-likeness (QED) is 0.852. The van der Waals surface area contributed by atoms with E-state index in [1.54, 1.807) is 0 Å². The van der Waals surface area contributed by atoms with Crippen LogP contribution in [0.4, 0.5) is 0 Å². The van der Waals surface area contributed by atoms with Gasteiger partial charge < -0.3 is 5.11 Å². The van der Waals surface area contributed by atoms with Crippen LogP contribution in [0.15, 0.2) is 42.5 Å². The van der Waals surface area contributed by atoms with Crippen LogP contribution in [0.3, 0.4) is 0 Å². The summed E-state index contributed by atoms with van der Waals surface area (Å²) >= 11 is 0. The molecule has 0 aromatic heterocycles. The monoisotopic (exact) mass is 227 g/mol. The maximum absolute atomic E-state index is 9.39. The first-order valence-corrected chi connectivity index (χ1v) is 6.15. The number of rotatable bonds is 2. The maximum atomic E-state index is 9.39. The van der Waals surface area contributed by atoms with Crippen molar-refractivity contribution < 1.29 is 5.11 Å². The Morgan fingerprint density at radius 2 is 1.82 bits per heavy atom. The summed E-state index contributed by atoms with van der Waals surface area (Å²) in [5, 5.41) is 12.0. The Kier molecular flexibility index (Phi) is 2.61. The molecule has 1 saturated heterocycles. The summed E-state index contributed by atoms with van der Waals surface area (Å²) < 4.78 is 0. The molecule has 1 aliphatic rings. The number of likely N-dealkylation sites (tertiary alicyclic amines) is 1. The zero-order chi connectivity index (χ0) is 11.8. The van der Waals surface area contributed by atoms with E-state index in [1.165, 1.54) is 16.3 Å². The van der Waals surface area contributed by atoms with Crippen LogP contribution in [0.25, 0.3) is 10.8 Å². The van der Waals surface area contributed by atoms with Gasteiger partial charge in [0.25, 0.3) is 0 Å². The molecule has 1 aliphatic heterocycles. The smallest absolute Gasteiger partial charge is 0.0794 e. The summed E-state index contributed by atoms with van der Waals surface area (Å²) in [6, 6.07) is 15.3. The molecule has 1 fully saturated rings. The van der Waals surface area contributed by atoms with Crippen LogP contribution in [-0.2, 0) is 0 Å². The zero-order valence-corrected chi connectivity index (χ0v) is 10.0. The lowest BCUT2D eigenvalue weighted by Crippen LogP contribution is -2.51. The van der Waals surface area contributed by atoms with Gasteiger partial charge in [-0.25, -0.2) is 0 Å². The van der Waals surface area contributed by atoms with Crippen molar-refractivity contribution in [3.63, 3.8) is 0 Å². The second-order valence-corrected chi connectivity index (χ2v) is 4.85. The summed E-state index contributed by atoms with van der Waals surface area (Å²) in [7, 11) is 0. The molecule has 0 aliphatic carbocycles. The molecule has 1 atom stereocenters. The summed E-state index contributed by atoms with van der Waals surface area (Å²) in [4.78, 5) is 2.31. The van der Waals surface area contributed by atoms with Crippen molar-refractivity contribution in [3.05, 3.63) is 48.0 Å². The second-order valence-electron chi connectivity index (χ2n) is 4.85. The molecule has 0 radical (unpaired) electrons. The fraction of sp³-hybridized carbons (Fsp3) is 0.333. The highest BCUT2D eigenvalue weighted by Gasteiger charge is 2.29. The summed E-state index contributed by atoms with van der Waals surface area (Å²) in [5.41, 5.74) is 1.36. The third-order valence-corrected chi connectivity index (χ3v) is 3.71. The fourth-order valence-corrected chi connectivity index (χ4v) is 2.62. The Labute approximate surface area is 101 Å². The molecule has 3 rings (SSSR count). The molecule has 2 nitrogen and oxygen atoms in total. The van der Waals surface area contributed by atoms with Crippen LogP contribution >= 0.6 is 0 Å². The predicted octanol–water partition coefficient (Wildman–Crippen LogP) is 2.58. The number of nitrogens with zero attached hydrogens (tertiary/aromatic N) is 1. The molecule has 0 bridgehead atoms. The van der Waals surface area contributed by atoms with Crippen molar-refractivity contribution in [3.8, 4) is 0 Å². The highest BCUT2D eigenvalue weighted by molar-refractivity contribution is 5.86. The molecule has 17 heavy (non-hydrogen) atoms. The maximum Gasteiger partial charge on any atom is 0.0794 e. The first kappa shape index (κ1) is 10.8. The SMILES string of the molecule is C[C@@H](c1cccc2ccccc12)N1CC(O)C1. The van der Waals surface area contributed by atoms with Gasteiger partial charge in [0.15, 0.2) is 0 Å². The molecule has 1 heterocycles. The largest absolute Gasteiger partial charge is 0.390 e. The van der Waals surface area contributed by atoms with Gasteiger partial charge in [0.1, 0.15) is 0 Å². The van der Waals surface area contributed by atoms with Gasteiger partial charge in [-0.3, -0.25) is 4.90 Å². The fourth-order valence-electron chi connectivity index (χ4n) is 2.62. The molecule has 0 spiro atoms. The van der Waals surface area contributed by atoms with Crippen molar-refractivity contribution in [1.29, 1.82) is 0 Å². The average Bonchev–Trinajstić information content (AvgIpc) is 2.33. The molecule has 0 saturated carbocycles. The topological polar surface area (TPSA) is 23.5 Å². The number of fused-ring (bicyclic) bond motifs is 1. The number of benzene rings is 2. The minimum atomic E-state index is -0.132. The van der Waals surface area contributed by atoms with Gasteiger partial charge in [-0.2, -0.15) is 0 Å². The molecule has 1 N–H and O–H groups in total. The predicted molar refractivity (Wildman–Crippen MR) is 69.9 cm³/mol. The Morgan fingerprint density at radius 3 is 2.59 bits per heavy atom. The minimum Gasteiger partial charge on any atom is -0.390 e. The van der Waals surface area contributed by atoms with Crippen molar-refractivity contribution in [2.45, 2.75) is 19.1 Å². The third kappa shape index (κ3) is 1.84. The van der Waals surface area contributed by atoms with E-state index in [0.717, 1.165) is 13.1 Å². The van der Waals surface area contributed by atoms with Crippen molar-refractivity contribution in [2.75, 3.05) is 13.1 Å². The van der Waals surface area contributed by atoms with E-state index in [0.29, 0.717) is 6.04 Å². The van der Waals surface area contributed by atoms with E-state index in [-0.39, 0.29) is 6.10 Å². The molecular weight excluding hydrogens is 210 g/mol. The third-order valence-electron chi connectivity index (χ3n) is 3.71. The van der Waals surface area contributed by atoms with Crippen molar-refractivity contribution in [1.82, 2.24) is 4.90 Å². The number of hydrogen-bond donors (Lipinski definition) is 1. The lowest BCUT2D eigenvalue weighted by molar-refractivity contribution is -0.0208. The Balaban J connectivity index is 1.99. The van der Waals surface area contributed by atoms with E-state index in [9.17, 15) is 5.11 Å². The minimum absolute atomic E-state index is 0.132. The van der Waals surface area contributed by atoms with Gasteiger partial charge in [-0.15, -0.1) is 0 Å². The number of aliphatic hydroxyl groups excluding tert-OH is 1. The van der Waals surface area contributed by atoms with E-state index >= 15 is 0 Å². The Hall–Kier alpha value is -1.38. The van der Waals surface area contributed by atoms with Crippen molar-refractivity contribution >= 4 is 10.8 Å². The van der Waals surface area contributed by atoms with E-state index in [1.807, 2.05) is 0 Å². The van der Waals surface area contributed by atoms with Gasteiger partial charge in [0.05, 0.1) is 6.10 Å². The van der Waals surface area contributed by atoms with Crippen LogP contribution < -0.4 is 0 Å². The number of β-amino-alcohol motifs (C(OH)–C–C–N with tert-alkyl or cyclic N) is 1. The summed E-state index contributed by atoms with van der Waals surface area (Å²) in [5.74, 6) is 0. The van der Waals surface area contributed by atoms with E-state index in [4.69, 9.17) is 0 Å². The summed E-state index contributed by atoms with van der Waals surface area (Å²) in [6.07, 6.45) is -0.132. The normalized spacial score (nSPS) is 19.2. The Morgan fingerprint density at radius 1 is 1.12 bits per heavy atom. The first-order valence-electron chi connectivity index (χ1n) is 6.15. The lowest BCUT2D eigenvalue weighted by Gasteiger charge is -2.40. The molecule has 2 heteroatoms. The van der Waals surface area contributed by atoms with E-state index in [2.05, 4.69) is 54.3 Å². The molecule has 0 amide bonds. The summed E-state index contributed by atoms with van der Waals surface area (Å²) in [6.45, 7) is 3.81.